The Hall–Kier alpha value is -3.27. The molecule has 0 aromatic heterocycles. The molecule has 0 aliphatic carbocycles. The van der Waals surface area contributed by atoms with Crippen LogP contribution in [0.25, 0.3) is 0 Å². The Kier molecular flexibility index (Phi) is 6.14. The van der Waals surface area contributed by atoms with Gasteiger partial charge in [-0.05, 0) is 43.7 Å². The van der Waals surface area contributed by atoms with Crippen molar-refractivity contribution in [3.05, 3.63) is 63.7 Å². The Balaban J connectivity index is 2.26. The van der Waals surface area contributed by atoms with Crippen molar-refractivity contribution in [3.63, 3.8) is 0 Å². The third-order valence-corrected chi connectivity index (χ3v) is 6.20. The van der Waals surface area contributed by atoms with Crippen LogP contribution in [0.4, 0.5) is 11.4 Å². The number of amides is 1. The zero-order valence-corrected chi connectivity index (χ0v) is 16.1. The molecule has 9 nitrogen and oxygen atoms in total. The molecule has 0 saturated carbocycles. The summed E-state index contributed by atoms with van der Waals surface area (Å²) in [4.78, 5) is 34.0. The van der Waals surface area contributed by atoms with Crippen LogP contribution in [0.5, 0.6) is 0 Å². The molecule has 1 N–H and O–H groups in total. The molecule has 0 radical (unpaired) electrons. The molecule has 0 saturated heterocycles. The standard InChI is InChI=1S/C18H18N2O7S/c1-11-4-5-13(18(22)27-3)10-16(11)19-17(21)12(2)28(25,26)15-8-6-14(7-9-15)20(23)24/h4-10,12H,1-3H3,(H,19,21)/t12-/m0/s1. The molecule has 0 fully saturated rings. The smallest absolute Gasteiger partial charge is 0.337 e. The van der Waals surface area contributed by atoms with E-state index >= 15 is 0 Å². The third kappa shape index (κ3) is 4.34. The van der Waals surface area contributed by atoms with Gasteiger partial charge in [-0.1, -0.05) is 6.07 Å². The van der Waals surface area contributed by atoms with Crippen LogP contribution in [0.3, 0.4) is 0 Å². The molecular weight excluding hydrogens is 388 g/mol. The molecule has 1 atom stereocenters. The summed E-state index contributed by atoms with van der Waals surface area (Å²) < 4.78 is 29.9. The minimum atomic E-state index is -4.07. The number of rotatable bonds is 6. The van der Waals surface area contributed by atoms with E-state index in [2.05, 4.69) is 10.1 Å². The van der Waals surface area contributed by atoms with E-state index in [1.54, 1.807) is 13.0 Å². The van der Waals surface area contributed by atoms with Gasteiger partial charge in [0.05, 0.1) is 22.5 Å². The van der Waals surface area contributed by atoms with Gasteiger partial charge in [-0.15, -0.1) is 0 Å². The van der Waals surface area contributed by atoms with Crippen molar-refractivity contribution in [1.29, 1.82) is 0 Å². The number of non-ortho nitro benzene ring substituents is 1. The van der Waals surface area contributed by atoms with Crippen LogP contribution in [0.2, 0.25) is 0 Å². The normalized spacial score (nSPS) is 12.1. The number of carbonyl (C=O) groups is 2. The third-order valence-electron chi connectivity index (χ3n) is 4.13. The molecule has 0 unspecified atom stereocenters. The zero-order valence-electron chi connectivity index (χ0n) is 15.3. The summed E-state index contributed by atoms with van der Waals surface area (Å²) >= 11 is 0. The highest BCUT2D eigenvalue weighted by Gasteiger charge is 2.30. The van der Waals surface area contributed by atoms with E-state index in [9.17, 15) is 28.1 Å². The number of esters is 1. The number of hydrogen-bond donors (Lipinski definition) is 1. The molecule has 2 rings (SSSR count). The number of benzene rings is 2. The number of anilines is 1. The number of nitrogens with one attached hydrogen (secondary N) is 1. The van der Waals surface area contributed by atoms with E-state index in [0.29, 0.717) is 5.56 Å². The van der Waals surface area contributed by atoms with E-state index < -0.39 is 31.9 Å². The minimum absolute atomic E-state index is 0.203. The van der Waals surface area contributed by atoms with Gasteiger partial charge in [-0.25, -0.2) is 13.2 Å². The highest BCUT2D eigenvalue weighted by atomic mass is 32.2. The fourth-order valence-electron chi connectivity index (χ4n) is 2.34. The Bertz CT molecular complexity index is 1030. The van der Waals surface area contributed by atoms with Crippen molar-refractivity contribution in [1.82, 2.24) is 0 Å². The maximum absolute atomic E-state index is 12.6. The molecule has 1 amide bonds. The zero-order chi connectivity index (χ0) is 21.1. The number of aryl methyl sites for hydroxylation is 1. The molecule has 0 aliphatic heterocycles. The van der Waals surface area contributed by atoms with Crippen LogP contribution < -0.4 is 5.32 Å². The van der Waals surface area contributed by atoms with Gasteiger partial charge in [0.1, 0.15) is 5.25 Å². The van der Waals surface area contributed by atoms with Crippen molar-refractivity contribution in [2.75, 3.05) is 12.4 Å². The van der Waals surface area contributed by atoms with Gasteiger partial charge < -0.3 is 10.1 Å². The summed E-state index contributed by atoms with van der Waals surface area (Å²) in [6.07, 6.45) is 0. The lowest BCUT2D eigenvalue weighted by molar-refractivity contribution is -0.384. The summed E-state index contributed by atoms with van der Waals surface area (Å²) in [6, 6.07) is 8.79. The van der Waals surface area contributed by atoms with Crippen molar-refractivity contribution in [2.45, 2.75) is 24.0 Å². The van der Waals surface area contributed by atoms with E-state index in [1.807, 2.05) is 0 Å². The topological polar surface area (TPSA) is 133 Å². The first-order valence-electron chi connectivity index (χ1n) is 8.06. The fraction of sp³-hybridized carbons (Fsp3) is 0.222. The van der Waals surface area contributed by atoms with Gasteiger partial charge in [0, 0.05) is 17.8 Å². The largest absolute Gasteiger partial charge is 0.465 e. The maximum Gasteiger partial charge on any atom is 0.337 e. The molecule has 148 valence electrons. The summed E-state index contributed by atoms with van der Waals surface area (Å²) in [6.45, 7) is 2.90. The number of sulfone groups is 1. The van der Waals surface area contributed by atoms with Crippen LogP contribution in [-0.4, -0.2) is 37.6 Å². The van der Waals surface area contributed by atoms with Crippen molar-refractivity contribution in [3.8, 4) is 0 Å². The van der Waals surface area contributed by atoms with Crippen molar-refractivity contribution >= 4 is 33.1 Å². The number of nitrogens with zero attached hydrogens (tertiary/aromatic N) is 1. The van der Waals surface area contributed by atoms with Gasteiger partial charge in [0.15, 0.2) is 9.84 Å². The number of hydrogen-bond acceptors (Lipinski definition) is 7. The second-order valence-electron chi connectivity index (χ2n) is 5.95. The lowest BCUT2D eigenvalue weighted by Gasteiger charge is -2.15. The Morgan fingerprint density at radius 2 is 1.75 bits per heavy atom. The molecule has 10 heteroatoms. The van der Waals surface area contributed by atoms with Crippen LogP contribution in [0.15, 0.2) is 47.4 Å². The van der Waals surface area contributed by atoms with Gasteiger partial charge >= 0.3 is 5.97 Å². The summed E-state index contributed by atoms with van der Waals surface area (Å²) in [5.41, 5.74) is 0.847. The van der Waals surface area contributed by atoms with Gasteiger partial charge in [0.2, 0.25) is 5.91 Å². The predicted molar refractivity (Wildman–Crippen MR) is 101 cm³/mol. The number of nitro benzene ring substituents is 1. The van der Waals surface area contributed by atoms with Crippen LogP contribution in [0.1, 0.15) is 22.8 Å². The number of ether oxygens (including phenoxy) is 1. The summed E-state index contributed by atoms with van der Waals surface area (Å²) in [7, 11) is -2.85. The Labute approximate surface area is 161 Å². The molecule has 0 heterocycles. The minimum Gasteiger partial charge on any atom is -0.465 e. The van der Waals surface area contributed by atoms with E-state index in [-0.39, 0.29) is 21.8 Å². The molecule has 0 aliphatic rings. The molecule has 2 aromatic rings. The first-order valence-corrected chi connectivity index (χ1v) is 9.60. The second kappa shape index (κ2) is 8.17. The first-order chi connectivity index (χ1) is 13.1. The van der Waals surface area contributed by atoms with Crippen LogP contribution in [0, 0.1) is 17.0 Å². The number of nitro groups is 1. The first kappa shape index (κ1) is 21.0. The van der Waals surface area contributed by atoms with Gasteiger partial charge in [-0.3, -0.25) is 14.9 Å². The fourth-order valence-corrected chi connectivity index (χ4v) is 3.60. The van der Waals surface area contributed by atoms with E-state index in [0.717, 1.165) is 24.3 Å². The summed E-state index contributed by atoms with van der Waals surface area (Å²) in [5.74, 6) is -1.40. The number of methoxy groups -OCH3 is 1. The van der Waals surface area contributed by atoms with Crippen molar-refractivity contribution in [2.24, 2.45) is 0 Å². The number of carbonyl (C=O) groups excluding carboxylic acids is 2. The molecular formula is C18H18N2O7S. The maximum atomic E-state index is 12.6. The van der Waals surface area contributed by atoms with Crippen molar-refractivity contribution < 1.29 is 27.7 Å². The molecule has 2 aromatic carbocycles. The second-order valence-corrected chi connectivity index (χ2v) is 8.22. The van der Waals surface area contributed by atoms with Gasteiger partial charge in [-0.2, -0.15) is 0 Å². The average molecular weight is 406 g/mol. The molecule has 28 heavy (non-hydrogen) atoms. The highest BCUT2D eigenvalue weighted by Crippen LogP contribution is 2.22. The predicted octanol–water partition coefficient (Wildman–Crippen LogP) is 2.49. The molecule has 0 spiro atoms. The van der Waals surface area contributed by atoms with Crippen LogP contribution in [-0.2, 0) is 19.4 Å². The van der Waals surface area contributed by atoms with E-state index in [1.165, 1.54) is 26.2 Å². The average Bonchev–Trinajstić information content (AvgIpc) is 2.68. The highest BCUT2D eigenvalue weighted by molar-refractivity contribution is 7.92. The quantitative estimate of drug-likeness (QED) is 0.443. The van der Waals surface area contributed by atoms with Gasteiger partial charge in [0.25, 0.3) is 5.69 Å². The Morgan fingerprint density at radius 1 is 1.14 bits per heavy atom. The lowest BCUT2D eigenvalue weighted by atomic mass is 10.1. The van der Waals surface area contributed by atoms with Crippen LogP contribution >= 0.6 is 0 Å². The Morgan fingerprint density at radius 3 is 2.29 bits per heavy atom. The lowest BCUT2D eigenvalue weighted by Crippen LogP contribution is -2.33. The monoisotopic (exact) mass is 406 g/mol. The SMILES string of the molecule is COC(=O)c1ccc(C)c(NC(=O)[C@H](C)S(=O)(=O)c2ccc([N+](=O)[O-])cc2)c1. The summed E-state index contributed by atoms with van der Waals surface area (Å²) in [5, 5.41) is 11.7. The van der Waals surface area contributed by atoms with E-state index in [4.69, 9.17) is 0 Å². The molecule has 0 bridgehead atoms.